The standard InChI is InChI=1S/C23H30N4O3/c1-14(2)13-27-16(4)19(15(3)26-27)11-22(28)25-21(23(29)30-5)10-17-12-24-20-9-7-6-8-18(17)20/h6-9,12,14,21,24H,10-11,13H2,1-5H3,(H,25,28). The van der Waals surface area contributed by atoms with E-state index in [1.54, 1.807) is 0 Å². The number of H-pyrrole nitrogens is 1. The van der Waals surface area contributed by atoms with Gasteiger partial charge in [-0.1, -0.05) is 32.0 Å². The molecule has 0 radical (unpaired) electrons. The molecule has 0 aliphatic rings. The van der Waals surface area contributed by atoms with Gasteiger partial charge in [-0.3, -0.25) is 9.48 Å². The molecule has 160 valence electrons. The van der Waals surface area contributed by atoms with E-state index in [-0.39, 0.29) is 12.3 Å². The predicted molar refractivity (Wildman–Crippen MR) is 116 cm³/mol. The number of rotatable bonds is 8. The van der Waals surface area contributed by atoms with E-state index < -0.39 is 12.0 Å². The first kappa shape index (κ1) is 21.6. The van der Waals surface area contributed by atoms with Gasteiger partial charge in [0.25, 0.3) is 0 Å². The van der Waals surface area contributed by atoms with Crippen LogP contribution in [0.4, 0.5) is 0 Å². The average Bonchev–Trinajstić information content (AvgIpc) is 3.22. The SMILES string of the molecule is COC(=O)C(Cc1c[nH]c2ccccc12)NC(=O)Cc1c(C)nn(CC(C)C)c1C. The van der Waals surface area contributed by atoms with Gasteiger partial charge in [0.05, 0.1) is 19.2 Å². The van der Waals surface area contributed by atoms with E-state index in [9.17, 15) is 9.59 Å². The Morgan fingerprint density at radius 2 is 1.97 bits per heavy atom. The summed E-state index contributed by atoms with van der Waals surface area (Å²) < 4.78 is 6.89. The van der Waals surface area contributed by atoms with Gasteiger partial charge in [0.1, 0.15) is 6.04 Å². The fourth-order valence-electron chi connectivity index (χ4n) is 3.78. The minimum Gasteiger partial charge on any atom is -0.467 e. The minimum absolute atomic E-state index is 0.178. The van der Waals surface area contributed by atoms with E-state index in [0.717, 1.165) is 40.0 Å². The topological polar surface area (TPSA) is 89.0 Å². The fraction of sp³-hybridized carbons (Fsp3) is 0.435. The highest BCUT2D eigenvalue weighted by Gasteiger charge is 2.24. The Morgan fingerprint density at radius 1 is 1.23 bits per heavy atom. The maximum Gasteiger partial charge on any atom is 0.328 e. The van der Waals surface area contributed by atoms with Crippen LogP contribution in [0.1, 0.15) is 36.4 Å². The maximum absolute atomic E-state index is 12.8. The molecule has 1 unspecified atom stereocenters. The lowest BCUT2D eigenvalue weighted by Crippen LogP contribution is -2.43. The second-order valence-corrected chi connectivity index (χ2v) is 8.11. The number of esters is 1. The van der Waals surface area contributed by atoms with Crippen molar-refractivity contribution in [3.05, 3.63) is 53.0 Å². The van der Waals surface area contributed by atoms with E-state index in [2.05, 4.69) is 29.2 Å². The Bertz CT molecular complexity index is 1050. The Hall–Kier alpha value is -3.09. The first-order valence-electron chi connectivity index (χ1n) is 10.2. The van der Waals surface area contributed by atoms with Crippen LogP contribution in [0.25, 0.3) is 10.9 Å². The van der Waals surface area contributed by atoms with Crippen molar-refractivity contribution in [1.82, 2.24) is 20.1 Å². The maximum atomic E-state index is 12.8. The number of nitrogens with zero attached hydrogens (tertiary/aromatic N) is 2. The lowest BCUT2D eigenvalue weighted by Gasteiger charge is -2.16. The van der Waals surface area contributed by atoms with E-state index >= 15 is 0 Å². The van der Waals surface area contributed by atoms with Crippen molar-refractivity contribution < 1.29 is 14.3 Å². The molecule has 0 spiro atoms. The normalized spacial score (nSPS) is 12.3. The number of amides is 1. The minimum atomic E-state index is -0.756. The third-order valence-corrected chi connectivity index (χ3v) is 5.33. The number of para-hydroxylation sites is 1. The van der Waals surface area contributed by atoms with Crippen molar-refractivity contribution >= 4 is 22.8 Å². The van der Waals surface area contributed by atoms with E-state index in [4.69, 9.17) is 4.74 Å². The Labute approximate surface area is 176 Å². The number of aryl methyl sites for hydroxylation is 1. The molecule has 7 nitrogen and oxygen atoms in total. The number of hydrogen-bond acceptors (Lipinski definition) is 4. The number of methoxy groups -OCH3 is 1. The molecular weight excluding hydrogens is 380 g/mol. The van der Waals surface area contributed by atoms with Crippen molar-refractivity contribution in [3.8, 4) is 0 Å². The number of nitrogens with one attached hydrogen (secondary N) is 2. The number of aromatic amines is 1. The smallest absolute Gasteiger partial charge is 0.328 e. The van der Waals surface area contributed by atoms with Crippen LogP contribution < -0.4 is 5.32 Å². The zero-order chi connectivity index (χ0) is 21.8. The Morgan fingerprint density at radius 3 is 2.67 bits per heavy atom. The quantitative estimate of drug-likeness (QED) is 0.559. The van der Waals surface area contributed by atoms with Gasteiger partial charge in [-0.2, -0.15) is 5.10 Å². The number of carbonyl (C=O) groups is 2. The molecular formula is C23H30N4O3. The summed E-state index contributed by atoms with van der Waals surface area (Å²) in [6, 6.07) is 7.11. The fourth-order valence-corrected chi connectivity index (χ4v) is 3.78. The summed E-state index contributed by atoms with van der Waals surface area (Å²) >= 11 is 0. The first-order chi connectivity index (χ1) is 14.3. The summed E-state index contributed by atoms with van der Waals surface area (Å²) in [7, 11) is 1.33. The summed E-state index contributed by atoms with van der Waals surface area (Å²) in [5.74, 6) is -0.220. The summed E-state index contributed by atoms with van der Waals surface area (Å²) in [5, 5.41) is 8.46. The monoisotopic (exact) mass is 410 g/mol. The molecule has 0 aliphatic heterocycles. The molecule has 2 N–H and O–H groups in total. The van der Waals surface area contributed by atoms with Crippen molar-refractivity contribution in [2.45, 2.75) is 53.1 Å². The number of hydrogen-bond donors (Lipinski definition) is 2. The van der Waals surface area contributed by atoms with Gasteiger partial charge >= 0.3 is 5.97 Å². The van der Waals surface area contributed by atoms with Gasteiger partial charge in [-0.05, 0) is 31.4 Å². The van der Waals surface area contributed by atoms with Crippen molar-refractivity contribution in [2.75, 3.05) is 7.11 Å². The molecule has 0 saturated heterocycles. The first-order valence-corrected chi connectivity index (χ1v) is 10.2. The zero-order valence-electron chi connectivity index (χ0n) is 18.3. The number of benzene rings is 1. The Balaban J connectivity index is 1.75. The predicted octanol–water partition coefficient (Wildman–Crippen LogP) is 3.08. The summed E-state index contributed by atoms with van der Waals surface area (Å²) in [5.41, 5.74) is 4.69. The summed E-state index contributed by atoms with van der Waals surface area (Å²) in [6.07, 6.45) is 2.40. The number of carbonyl (C=O) groups excluding carboxylic acids is 2. The molecule has 7 heteroatoms. The molecule has 2 aromatic heterocycles. The molecule has 0 aliphatic carbocycles. The largest absolute Gasteiger partial charge is 0.467 e. The second-order valence-electron chi connectivity index (χ2n) is 8.11. The third-order valence-electron chi connectivity index (χ3n) is 5.33. The van der Waals surface area contributed by atoms with Crippen LogP contribution in [-0.2, 0) is 33.7 Å². The van der Waals surface area contributed by atoms with Crippen LogP contribution in [0.15, 0.2) is 30.5 Å². The van der Waals surface area contributed by atoms with Crippen LogP contribution >= 0.6 is 0 Å². The molecule has 0 saturated carbocycles. The lowest BCUT2D eigenvalue weighted by atomic mass is 10.0. The van der Waals surface area contributed by atoms with Crippen LogP contribution in [0.2, 0.25) is 0 Å². The second kappa shape index (κ2) is 9.15. The van der Waals surface area contributed by atoms with Crippen LogP contribution in [0, 0.1) is 19.8 Å². The van der Waals surface area contributed by atoms with E-state index in [0.29, 0.717) is 12.3 Å². The molecule has 1 atom stereocenters. The Kier molecular flexibility index (Phi) is 6.59. The summed E-state index contributed by atoms with van der Waals surface area (Å²) in [6.45, 7) is 8.97. The lowest BCUT2D eigenvalue weighted by molar-refractivity contribution is -0.145. The molecule has 1 amide bonds. The van der Waals surface area contributed by atoms with E-state index in [1.807, 2.05) is 49.0 Å². The zero-order valence-corrected chi connectivity index (χ0v) is 18.3. The molecule has 1 aromatic carbocycles. The molecule has 3 aromatic rings. The molecule has 0 fully saturated rings. The van der Waals surface area contributed by atoms with Gasteiger partial charge in [0, 0.05) is 41.3 Å². The van der Waals surface area contributed by atoms with Gasteiger partial charge in [-0.25, -0.2) is 4.79 Å². The molecule has 30 heavy (non-hydrogen) atoms. The molecule has 0 bridgehead atoms. The van der Waals surface area contributed by atoms with Crippen LogP contribution in [0.3, 0.4) is 0 Å². The molecule has 2 heterocycles. The highest BCUT2D eigenvalue weighted by Crippen LogP contribution is 2.20. The van der Waals surface area contributed by atoms with Gasteiger partial charge in [-0.15, -0.1) is 0 Å². The highest BCUT2D eigenvalue weighted by molar-refractivity contribution is 5.88. The van der Waals surface area contributed by atoms with Gasteiger partial charge in [0.2, 0.25) is 5.91 Å². The van der Waals surface area contributed by atoms with Crippen LogP contribution in [-0.4, -0.2) is 39.8 Å². The van der Waals surface area contributed by atoms with Crippen molar-refractivity contribution in [1.29, 1.82) is 0 Å². The van der Waals surface area contributed by atoms with Gasteiger partial charge < -0.3 is 15.0 Å². The van der Waals surface area contributed by atoms with Crippen molar-refractivity contribution in [2.24, 2.45) is 5.92 Å². The summed E-state index contributed by atoms with van der Waals surface area (Å²) in [4.78, 5) is 28.4. The highest BCUT2D eigenvalue weighted by atomic mass is 16.5. The average molecular weight is 411 g/mol. The number of fused-ring (bicyclic) bond motifs is 1. The van der Waals surface area contributed by atoms with E-state index in [1.165, 1.54) is 7.11 Å². The van der Waals surface area contributed by atoms with Crippen molar-refractivity contribution in [3.63, 3.8) is 0 Å². The third kappa shape index (κ3) is 4.72. The van der Waals surface area contributed by atoms with Gasteiger partial charge in [0.15, 0.2) is 0 Å². The molecule has 3 rings (SSSR count). The number of aromatic nitrogens is 3. The van der Waals surface area contributed by atoms with Crippen LogP contribution in [0.5, 0.6) is 0 Å². The number of ether oxygens (including phenoxy) is 1.